The fourth-order valence-electron chi connectivity index (χ4n) is 3.18. The molecule has 0 bridgehead atoms. The van der Waals surface area contributed by atoms with Crippen LogP contribution in [-0.2, 0) is 9.53 Å². The minimum atomic E-state index is -0.687. The zero-order valence-corrected chi connectivity index (χ0v) is 16.6. The zero-order valence-electron chi connectivity index (χ0n) is 15.8. The molecule has 6 nitrogen and oxygen atoms in total. The third-order valence-electron chi connectivity index (χ3n) is 4.46. The van der Waals surface area contributed by atoms with E-state index in [0.717, 1.165) is 21.8 Å². The minimum Gasteiger partial charge on any atom is -0.494 e. The number of aryl methyl sites for hydroxylation is 1. The molecule has 0 radical (unpaired) electrons. The molecule has 0 unspecified atom stereocenters. The Morgan fingerprint density at radius 3 is 2.56 bits per heavy atom. The smallest absolute Gasteiger partial charge is 0.329 e. The van der Waals surface area contributed by atoms with E-state index in [4.69, 9.17) is 9.47 Å². The Bertz CT molecular complexity index is 1020. The number of rotatable bonds is 6. The Balaban J connectivity index is 2.19. The highest BCUT2D eigenvalue weighted by Crippen LogP contribution is 2.36. The van der Waals surface area contributed by atoms with Gasteiger partial charge in [-0.15, -0.1) is 11.3 Å². The molecule has 0 aliphatic carbocycles. The molecule has 0 N–H and O–H groups in total. The number of aromatic nitrogens is 2. The van der Waals surface area contributed by atoms with E-state index < -0.39 is 12.0 Å². The maximum absolute atomic E-state index is 13.2. The Morgan fingerprint density at radius 2 is 1.96 bits per heavy atom. The first kappa shape index (κ1) is 19.1. The monoisotopic (exact) mass is 386 g/mol. The Morgan fingerprint density at radius 1 is 1.26 bits per heavy atom. The number of carbonyl (C=O) groups excluding carboxylic acids is 1. The number of methoxy groups -OCH3 is 1. The molecule has 1 aromatic carbocycles. The topological polar surface area (TPSA) is 70.4 Å². The molecule has 3 aromatic rings. The lowest BCUT2D eigenvalue weighted by Gasteiger charge is -2.15. The van der Waals surface area contributed by atoms with Gasteiger partial charge in [-0.3, -0.25) is 9.36 Å². The number of thiophene rings is 1. The summed E-state index contributed by atoms with van der Waals surface area (Å²) in [6, 6.07) is 6.97. The first-order valence-corrected chi connectivity index (χ1v) is 9.64. The second-order valence-corrected chi connectivity index (χ2v) is 7.28. The molecule has 0 amide bonds. The summed E-state index contributed by atoms with van der Waals surface area (Å²) in [4.78, 5) is 31.4. The van der Waals surface area contributed by atoms with Crippen LogP contribution in [0.3, 0.4) is 0 Å². The molecular formula is C20H22N2O4S. The van der Waals surface area contributed by atoms with Crippen molar-refractivity contribution < 1.29 is 14.3 Å². The predicted molar refractivity (Wildman–Crippen MR) is 107 cm³/mol. The molecule has 1 atom stereocenters. The summed E-state index contributed by atoms with van der Waals surface area (Å²) < 4.78 is 11.7. The summed E-state index contributed by atoms with van der Waals surface area (Å²) >= 11 is 1.47. The van der Waals surface area contributed by atoms with E-state index in [1.165, 1.54) is 29.3 Å². The molecule has 2 heterocycles. The highest BCUT2D eigenvalue weighted by Gasteiger charge is 2.24. The van der Waals surface area contributed by atoms with Crippen molar-refractivity contribution in [3.63, 3.8) is 0 Å². The summed E-state index contributed by atoms with van der Waals surface area (Å²) in [6.07, 6.45) is 1.88. The van der Waals surface area contributed by atoms with Crippen LogP contribution in [0.4, 0.5) is 0 Å². The van der Waals surface area contributed by atoms with Gasteiger partial charge >= 0.3 is 5.97 Å². The average molecular weight is 386 g/mol. The lowest BCUT2D eigenvalue weighted by molar-refractivity contribution is -0.144. The average Bonchev–Trinajstić information content (AvgIpc) is 3.01. The number of benzene rings is 1. The SMILES string of the molecule is CCOc1ccc(-c2c(C)sc3ncn([C@H](CC)C(=O)OC)c(=O)c23)cc1. The minimum absolute atomic E-state index is 0.231. The summed E-state index contributed by atoms with van der Waals surface area (Å²) in [5.41, 5.74) is 1.54. The standard InChI is InChI=1S/C20H22N2O4S/c1-5-15(20(24)25-4)22-11-21-18-17(19(22)23)16(12(3)27-18)13-7-9-14(10-8-13)26-6-2/h7-11,15H,5-6H2,1-4H3/t15-/m1/s1. The van der Waals surface area contributed by atoms with E-state index in [2.05, 4.69) is 4.98 Å². The predicted octanol–water partition coefficient (Wildman–Crippen LogP) is 3.96. The van der Waals surface area contributed by atoms with Gasteiger partial charge in [-0.05, 0) is 38.0 Å². The van der Waals surface area contributed by atoms with Gasteiger partial charge in [0, 0.05) is 10.4 Å². The van der Waals surface area contributed by atoms with E-state index in [-0.39, 0.29) is 5.56 Å². The number of carbonyl (C=O) groups is 1. The number of hydrogen-bond acceptors (Lipinski definition) is 6. The highest BCUT2D eigenvalue weighted by molar-refractivity contribution is 7.19. The van der Waals surface area contributed by atoms with E-state index in [0.29, 0.717) is 23.2 Å². The summed E-state index contributed by atoms with van der Waals surface area (Å²) in [5.74, 6) is 0.334. The molecule has 0 aliphatic heterocycles. The first-order valence-electron chi connectivity index (χ1n) is 8.83. The highest BCUT2D eigenvalue weighted by atomic mass is 32.1. The van der Waals surface area contributed by atoms with Gasteiger partial charge in [0.25, 0.3) is 5.56 Å². The van der Waals surface area contributed by atoms with Gasteiger partial charge in [-0.2, -0.15) is 0 Å². The van der Waals surface area contributed by atoms with Crippen molar-refractivity contribution in [1.29, 1.82) is 0 Å². The zero-order chi connectivity index (χ0) is 19.6. The number of fused-ring (bicyclic) bond motifs is 1. The Kier molecular flexibility index (Phi) is 5.60. The van der Waals surface area contributed by atoms with Crippen LogP contribution in [0.5, 0.6) is 5.75 Å². The van der Waals surface area contributed by atoms with Crippen molar-refractivity contribution in [2.24, 2.45) is 0 Å². The van der Waals surface area contributed by atoms with Gasteiger partial charge in [0.15, 0.2) is 0 Å². The lowest BCUT2D eigenvalue weighted by atomic mass is 10.0. The van der Waals surface area contributed by atoms with Gasteiger partial charge in [0.1, 0.15) is 16.6 Å². The molecule has 7 heteroatoms. The van der Waals surface area contributed by atoms with Gasteiger partial charge in [-0.25, -0.2) is 9.78 Å². The molecule has 0 aliphatic rings. The number of esters is 1. The van der Waals surface area contributed by atoms with Crippen LogP contribution >= 0.6 is 11.3 Å². The normalized spacial score (nSPS) is 12.1. The second-order valence-electron chi connectivity index (χ2n) is 6.07. The van der Waals surface area contributed by atoms with Crippen molar-refractivity contribution >= 4 is 27.5 Å². The molecule has 142 valence electrons. The van der Waals surface area contributed by atoms with Crippen molar-refractivity contribution in [2.75, 3.05) is 13.7 Å². The van der Waals surface area contributed by atoms with Crippen molar-refractivity contribution in [1.82, 2.24) is 9.55 Å². The van der Waals surface area contributed by atoms with Crippen LogP contribution in [0.2, 0.25) is 0 Å². The maximum atomic E-state index is 13.2. The number of ether oxygens (including phenoxy) is 2. The molecule has 0 fully saturated rings. The molecule has 0 spiro atoms. The summed E-state index contributed by atoms with van der Waals surface area (Å²) in [6.45, 7) is 6.34. The van der Waals surface area contributed by atoms with Crippen LogP contribution in [-0.4, -0.2) is 29.2 Å². The number of nitrogens with zero attached hydrogens (tertiary/aromatic N) is 2. The van der Waals surface area contributed by atoms with E-state index in [9.17, 15) is 9.59 Å². The fourth-order valence-corrected chi connectivity index (χ4v) is 4.19. The van der Waals surface area contributed by atoms with Gasteiger partial charge < -0.3 is 9.47 Å². The molecule has 2 aromatic heterocycles. The van der Waals surface area contributed by atoms with Crippen molar-refractivity contribution in [3.05, 3.63) is 45.8 Å². The van der Waals surface area contributed by atoms with Crippen LogP contribution < -0.4 is 10.3 Å². The van der Waals surface area contributed by atoms with Gasteiger partial charge in [0.05, 0.1) is 25.4 Å². The molecule has 27 heavy (non-hydrogen) atoms. The van der Waals surface area contributed by atoms with Crippen LogP contribution in [0.15, 0.2) is 35.4 Å². The summed E-state index contributed by atoms with van der Waals surface area (Å²) in [7, 11) is 1.32. The van der Waals surface area contributed by atoms with Crippen molar-refractivity contribution in [2.45, 2.75) is 33.2 Å². The molecule has 0 saturated carbocycles. The Labute approximate surface area is 161 Å². The molecule has 3 rings (SSSR count). The van der Waals surface area contributed by atoms with Gasteiger partial charge in [0.2, 0.25) is 0 Å². The van der Waals surface area contributed by atoms with Gasteiger partial charge in [-0.1, -0.05) is 19.1 Å². The quantitative estimate of drug-likeness (QED) is 0.600. The first-order chi connectivity index (χ1) is 13.0. The Hall–Kier alpha value is -2.67. The molecule has 0 saturated heterocycles. The number of hydrogen-bond donors (Lipinski definition) is 0. The van der Waals surface area contributed by atoms with Crippen LogP contribution in [0.25, 0.3) is 21.3 Å². The fraction of sp³-hybridized carbons (Fsp3) is 0.350. The maximum Gasteiger partial charge on any atom is 0.329 e. The van der Waals surface area contributed by atoms with E-state index in [1.54, 1.807) is 0 Å². The third kappa shape index (κ3) is 3.47. The molecular weight excluding hydrogens is 364 g/mol. The summed E-state index contributed by atoms with van der Waals surface area (Å²) in [5, 5.41) is 0.534. The van der Waals surface area contributed by atoms with Crippen LogP contribution in [0, 0.1) is 6.92 Å². The van der Waals surface area contributed by atoms with Crippen molar-refractivity contribution in [3.8, 4) is 16.9 Å². The lowest BCUT2D eigenvalue weighted by Crippen LogP contribution is -2.30. The van der Waals surface area contributed by atoms with E-state index in [1.807, 2.05) is 45.0 Å². The van der Waals surface area contributed by atoms with E-state index >= 15 is 0 Å². The second kappa shape index (κ2) is 7.92. The largest absolute Gasteiger partial charge is 0.494 e. The third-order valence-corrected chi connectivity index (χ3v) is 5.48. The van der Waals surface area contributed by atoms with Crippen LogP contribution in [0.1, 0.15) is 31.2 Å².